The van der Waals surface area contributed by atoms with Gasteiger partial charge in [0, 0.05) is 17.5 Å². The van der Waals surface area contributed by atoms with Crippen molar-refractivity contribution in [1.29, 1.82) is 0 Å². The highest BCUT2D eigenvalue weighted by atomic mass is 16.7. The van der Waals surface area contributed by atoms with Crippen LogP contribution >= 0.6 is 0 Å². The minimum atomic E-state index is -0.605. The van der Waals surface area contributed by atoms with Crippen LogP contribution in [0.3, 0.4) is 0 Å². The topological polar surface area (TPSA) is 71.1 Å². The van der Waals surface area contributed by atoms with E-state index in [4.69, 9.17) is 18.9 Å². The number of aldehydes is 2. The van der Waals surface area contributed by atoms with Gasteiger partial charge in [-0.05, 0) is 36.4 Å². The van der Waals surface area contributed by atoms with Gasteiger partial charge in [-0.15, -0.1) is 0 Å². The molecule has 0 bridgehead atoms. The lowest BCUT2D eigenvalue weighted by Gasteiger charge is -2.21. The van der Waals surface area contributed by atoms with Gasteiger partial charge in [-0.25, -0.2) is 0 Å². The fraction of sp³-hybridized carbons (Fsp3) is 0.263. The molecule has 0 aliphatic carbocycles. The van der Waals surface area contributed by atoms with Gasteiger partial charge in [0.05, 0.1) is 14.2 Å². The first-order chi connectivity index (χ1) is 12.1. The summed E-state index contributed by atoms with van der Waals surface area (Å²) in [6.45, 7) is 1.91. The number of benzene rings is 2. The first-order valence-electron chi connectivity index (χ1n) is 7.74. The van der Waals surface area contributed by atoms with E-state index < -0.39 is 6.29 Å². The Labute approximate surface area is 146 Å². The SMILES string of the molecule is CCC(Oc1ccc(C=O)cc1OC)Oc1ccc(C=O)cc1OC. The molecule has 2 aromatic rings. The summed E-state index contributed by atoms with van der Waals surface area (Å²) in [6, 6.07) is 9.76. The van der Waals surface area contributed by atoms with Crippen LogP contribution in [0.1, 0.15) is 34.1 Å². The van der Waals surface area contributed by atoms with Crippen molar-refractivity contribution in [1.82, 2.24) is 0 Å². The molecule has 0 radical (unpaired) electrons. The predicted molar refractivity (Wildman–Crippen MR) is 92.1 cm³/mol. The predicted octanol–water partition coefficient (Wildman–Crippen LogP) is 3.52. The van der Waals surface area contributed by atoms with Gasteiger partial charge in [-0.1, -0.05) is 6.92 Å². The zero-order chi connectivity index (χ0) is 18.2. The lowest BCUT2D eigenvalue weighted by molar-refractivity contribution is -0.000213. The molecule has 0 aliphatic heterocycles. The fourth-order valence-electron chi connectivity index (χ4n) is 2.18. The maximum Gasteiger partial charge on any atom is 0.241 e. The monoisotopic (exact) mass is 344 g/mol. The van der Waals surface area contributed by atoms with Crippen LogP contribution in [0.4, 0.5) is 0 Å². The van der Waals surface area contributed by atoms with Crippen molar-refractivity contribution in [3.8, 4) is 23.0 Å². The van der Waals surface area contributed by atoms with Crippen molar-refractivity contribution in [2.24, 2.45) is 0 Å². The van der Waals surface area contributed by atoms with Crippen LogP contribution in [0, 0.1) is 0 Å². The lowest BCUT2D eigenvalue weighted by Crippen LogP contribution is -2.23. The van der Waals surface area contributed by atoms with Crippen LogP contribution in [-0.4, -0.2) is 33.1 Å². The zero-order valence-electron chi connectivity index (χ0n) is 14.4. The molecule has 0 aromatic heterocycles. The summed E-state index contributed by atoms with van der Waals surface area (Å²) in [6.07, 6.45) is 1.42. The quantitative estimate of drug-likeness (QED) is 0.512. The molecular weight excluding hydrogens is 324 g/mol. The summed E-state index contributed by atoms with van der Waals surface area (Å²) in [4.78, 5) is 21.7. The van der Waals surface area contributed by atoms with Crippen molar-refractivity contribution in [2.75, 3.05) is 14.2 Å². The molecule has 6 heteroatoms. The summed E-state index contributed by atoms with van der Waals surface area (Å²) in [5.41, 5.74) is 0.980. The third-order valence-electron chi connectivity index (χ3n) is 3.50. The molecule has 6 nitrogen and oxygen atoms in total. The van der Waals surface area contributed by atoms with E-state index >= 15 is 0 Å². The van der Waals surface area contributed by atoms with Gasteiger partial charge in [0.1, 0.15) is 12.6 Å². The highest BCUT2D eigenvalue weighted by Crippen LogP contribution is 2.32. The van der Waals surface area contributed by atoms with E-state index in [9.17, 15) is 9.59 Å². The van der Waals surface area contributed by atoms with E-state index in [0.29, 0.717) is 40.5 Å². The molecule has 0 fully saturated rings. The summed E-state index contributed by atoms with van der Waals surface area (Å²) in [7, 11) is 3.00. The molecule has 25 heavy (non-hydrogen) atoms. The smallest absolute Gasteiger partial charge is 0.241 e. The Kier molecular flexibility index (Phi) is 6.39. The molecule has 0 amide bonds. The molecular formula is C19H20O6. The van der Waals surface area contributed by atoms with Gasteiger partial charge >= 0.3 is 0 Å². The summed E-state index contributed by atoms with van der Waals surface area (Å²) in [5, 5.41) is 0. The fourth-order valence-corrected chi connectivity index (χ4v) is 2.18. The van der Waals surface area contributed by atoms with Crippen molar-refractivity contribution in [2.45, 2.75) is 19.6 Å². The molecule has 0 spiro atoms. The molecule has 0 aliphatic rings. The second-order valence-electron chi connectivity index (χ2n) is 5.13. The number of rotatable bonds is 9. The third kappa shape index (κ3) is 4.50. The molecule has 0 heterocycles. The molecule has 2 aromatic carbocycles. The van der Waals surface area contributed by atoms with E-state index in [1.54, 1.807) is 36.4 Å². The van der Waals surface area contributed by atoms with Crippen LogP contribution < -0.4 is 18.9 Å². The maximum atomic E-state index is 10.9. The van der Waals surface area contributed by atoms with Crippen LogP contribution in [0.2, 0.25) is 0 Å². The Morgan fingerprint density at radius 3 is 1.56 bits per heavy atom. The standard InChI is InChI=1S/C19H20O6/c1-4-19(24-15-7-5-13(11-20)9-17(15)22-2)25-16-8-6-14(12-21)10-18(16)23-3/h5-12,19H,4H2,1-3H3. The van der Waals surface area contributed by atoms with Crippen LogP contribution in [0.5, 0.6) is 23.0 Å². The van der Waals surface area contributed by atoms with E-state index in [2.05, 4.69) is 0 Å². The van der Waals surface area contributed by atoms with E-state index in [0.717, 1.165) is 12.6 Å². The Morgan fingerprint density at radius 2 is 1.24 bits per heavy atom. The number of ether oxygens (including phenoxy) is 4. The zero-order valence-corrected chi connectivity index (χ0v) is 14.4. The minimum absolute atomic E-state index is 0.440. The van der Waals surface area contributed by atoms with Crippen LogP contribution in [0.25, 0.3) is 0 Å². The number of hydrogen-bond acceptors (Lipinski definition) is 6. The second kappa shape index (κ2) is 8.73. The Morgan fingerprint density at radius 1 is 0.800 bits per heavy atom. The van der Waals surface area contributed by atoms with Gasteiger partial charge in [0.25, 0.3) is 0 Å². The third-order valence-corrected chi connectivity index (χ3v) is 3.50. The summed E-state index contributed by atoms with van der Waals surface area (Å²) in [5.74, 6) is 1.80. The van der Waals surface area contributed by atoms with Crippen molar-refractivity contribution >= 4 is 12.6 Å². The highest BCUT2D eigenvalue weighted by Gasteiger charge is 2.16. The second-order valence-corrected chi connectivity index (χ2v) is 5.13. The minimum Gasteiger partial charge on any atom is -0.493 e. The molecule has 132 valence electrons. The molecule has 2 rings (SSSR count). The Bertz CT molecular complexity index is 679. The number of carbonyl (C=O) groups is 2. The molecule has 0 saturated heterocycles. The maximum absolute atomic E-state index is 10.9. The molecule has 0 atom stereocenters. The van der Waals surface area contributed by atoms with E-state index in [1.165, 1.54) is 14.2 Å². The van der Waals surface area contributed by atoms with Crippen molar-refractivity contribution in [3.63, 3.8) is 0 Å². The van der Waals surface area contributed by atoms with Crippen LogP contribution in [-0.2, 0) is 0 Å². The van der Waals surface area contributed by atoms with Crippen molar-refractivity contribution in [3.05, 3.63) is 47.5 Å². The average molecular weight is 344 g/mol. The highest BCUT2D eigenvalue weighted by molar-refractivity contribution is 5.77. The summed E-state index contributed by atoms with van der Waals surface area (Å²) < 4.78 is 22.2. The van der Waals surface area contributed by atoms with Crippen LogP contribution in [0.15, 0.2) is 36.4 Å². The number of hydrogen-bond donors (Lipinski definition) is 0. The van der Waals surface area contributed by atoms with Gasteiger partial charge in [-0.3, -0.25) is 9.59 Å². The average Bonchev–Trinajstić information content (AvgIpc) is 2.67. The first-order valence-corrected chi connectivity index (χ1v) is 7.74. The van der Waals surface area contributed by atoms with Gasteiger partial charge < -0.3 is 18.9 Å². The number of carbonyl (C=O) groups excluding carboxylic acids is 2. The Balaban J connectivity index is 2.21. The van der Waals surface area contributed by atoms with E-state index in [-0.39, 0.29) is 0 Å². The molecule has 0 N–H and O–H groups in total. The summed E-state index contributed by atoms with van der Waals surface area (Å²) >= 11 is 0. The molecule has 0 saturated carbocycles. The number of methoxy groups -OCH3 is 2. The van der Waals surface area contributed by atoms with Gasteiger partial charge in [0.2, 0.25) is 6.29 Å². The van der Waals surface area contributed by atoms with Crippen molar-refractivity contribution < 1.29 is 28.5 Å². The molecule has 0 unspecified atom stereocenters. The van der Waals surface area contributed by atoms with E-state index in [1.807, 2.05) is 6.92 Å². The Hall–Kier alpha value is -3.02. The lowest BCUT2D eigenvalue weighted by atomic mass is 10.2. The van der Waals surface area contributed by atoms with Gasteiger partial charge in [-0.2, -0.15) is 0 Å². The first kappa shape index (κ1) is 18.3. The largest absolute Gasteiger partial charge is 0.493 e. The normalized spacial score (nSPS) is 10.2. The van der Waals surface area contributed by atoms with Gasteiger partial charge in [0.15, 0.2) is 23.0 Å².